The Morgan fingerprint density at radius 1 is 0.675 bits per heavy atom. The van der Waals surface area contributed by atoms with Gasteiger partial charge in [-0.3, -0.25) is 4.79 Å². The van der Waals surface area contributed by atoms with E-state index in [0.717, 1.165) is 5.56 Å². The minimum absolute atomic E-state index is 0.224. The molecule has 0 aromatic heterocycles. The number of ether oxygens (including phenoxy) is 1. The molecule has 0 heterocycles. The van der Waals surface area contributed by atoms with Gasteiger partial charge in [-0.1, -0.05) is 115 Å². The van der Waals surface area contributed by atoms with Crippen molar-refractivity contribution in [1.82, 2.24) is 3.11 Å². The number of hydrogen-bond donors (Lipinski definition) is 0. The Kier molecular flexibility index (Phi) is 6.32. The van der Waals surface area contributed by atoms with E-state index in [4.69, 9.17) is 4.74 Å². The Morgan fingerprint density at radius 2 is 1.30 bits per heavy atom. The molecule has 0 saturated heterocycles. The molecular formula is C36H28INO2. The summed E-state index contributed by atoms with van der Waals surface area (Å²) < 4.78 is 7.50. The van der Waals surface area contributed by atoms with E-state index in [0.29, 0.717) is 13.2 Å². The highest BCUT2D eigenvalue weighted by atomic mass is 127. The van der Waals surface area contributed by atoms with Crippen LogP contribution in [-0.4, -0.2) is 15.6 Å². The Balaban J connectivity index is 1.23. The molecule has 1 unspecified atom stereocenters. The van der Waals surface area contributed by atoms with Gasteiger partial charge in [-0.2, -0.15) is 0 Å². The summed E-state index contributed by atoms with van der Waals surface area (Å²) in [4.78, 5) is 12.5. The van der Waals surface area contributed by atoms with Crippen molar-refractivity contribution in [3.05, 3.63) is 154 Å². The Labute approximate surface area is 248 Å². The van der Waals surface area contributed by atoms with Crippen LogP contribution in [0.25, 0.3) is 22.3 Å². The number of benzene rings is 5. The van der Waals surface area contributed by atoms with Crippen LogP contribution in [0.5, 0.6) is 0 Å². The first-order valence-corrected chi connectivity index (χ1v) is 14.6. The molecule has 0 bridgehead atoms. The summed E-state index contributed by atoms with van der Waals surface area (Å²) in [5, 5.41) is 0. The number of esters is 1. The largest absolute Gasteiger partial charge is 0.460 e. The molecule has 0 aliphatic heterocycles. The monoisotopic (exact) mass is 633 g/mol. The van der Waals surface area contributed by atoms with Crippen LogP contribution in [0.15, 0.2) is 115 Å². The molecule has 0 saturated carbocycles. The SMILES string of the molecule is Cc1ccc2c(c1)C1(c3ccccc3-c3cc(CN(I)CC(=O)OCc4ccccc4)ccc31)c1ccccc1-2. The zero-order valence-electron chi connectivity index (χ0n) is 22.2. The van der Waals surface area contributed by atoms with Crippen molar-refractivity contribution in [3.8, 4) is 22.3 Å². The van der Waals surface area contributed by atoms with Crippen molar-refractivity contribution < 1.29 is 9.53 Å². The number of rotatable bonds is 6. The van der Waals surface area contributed by atoms with E-state index in [9.17, 15) is 4.79 Å². The topological polar surface area (TPSA) is 29.5 Å². The van der Waals surface area contributed by atoms with Gasteiger partial charge in [0.05, 0.1) is 5.41 Å². The highest BCUT2D eigenvalue weighted by molar-refractivity contribution is 14.1. The number of carbonyl (C=O) groups is 1. The molecule has 1 atom stereocenters. The van der Waals surface area contributed by atoms with Gasteiger partial charge in [-0.15, -0.1) is 0 Å². The zero-order chi connectivity index (χ0) is 27.3. The maximum absolute atomic E-state index is 12.5. The summed E-state index contributed by atoms with van der Waals surface area (Å²) >= 11 is 2.23. The van der Waals surface area contributed by atoms with Gasteiger partial charge in [0.1, 0.15) is 13.2 Å². The first-order chi connectivity index (χ1) is 19.6. The van der Waals surface area contributed by atoms with Gasteiger partial charge < -0.3 is 4.74 Å². The molecule has 40 heavy (non-hydrogen) atoms. The van der Waals surface area contributed by atoms with Gasteiger partial charge in [0.2, 0.25) is 0 Å². The third-order valence-electron chi connectivity index (χ3n) is 8.21. The fraction of sp³-hybridized carbons (Fsp3) is 0.139. The van der Waals surface area contributed by atoms with Gasteiger partial charge in [0, 0.05) is 29.4 Å². The molecule has 196 valence electrons. The molecule has 4 heteroatoms. The summed E-state index contributed by atoms with van der Waals surface area (Å²) in [7, 11) is 0. The van der Waals surface area contributed by atoms with E-state index in [2.05, 4.69) is 115 Å². The maximum Gasteiger partial charge on any atom is 0.321 e. The number of halogens is 1. The van der Waals surface area contributed by atoms with Gasteiger partial charge in [-0.05, 0) is 68.6 Å². The predicted octanol–water partition coefficient (Wildman–Crippen LogP) is 8.23. The number of aryl methyl sites for hydroxylation is 1. The van der Waals surface area contributed by atoms with Gasteiger partial charge in [0.25, 0.3) is 0 Å². The highest BCUT2D eigenvalue weighted by Crippen LogP contribution is 2.62. The lowest BCUT2D eigenvalue weighted by molar-refractivity contribution is -0.144. The molecule has 0 fully saturated rings. The van der Waals surface area contributed by atoms with Crippen LogP contribution in [0.3, 0.4) is 0 Å². The average Bonchev–Trinajstić information content (AvgIpc) is 3.43. The Hall–Kier alpha value is -3.74. The van der Waals surface area contributed by atoms with Crippen LogP contribution < -0.4 is 0 Å². The molecule has 2 aliphatic carbocycles. The molecule has 5 aromatic rings. The molecule has 2 aliphatic rings. The fourth-order valence-corrected chi connectivity index (χ4v) is 7.25. The number of nitrogens with zero attached hydrogens (tertiary/aromatic N) is 1. The normalized spacial score (nSPS) is 16.0. The van der Waals surface area contributed by atoms with Crippen molar-refractivity contribution in [2.45, 2.75) is 25.5 Å². The predicted molar refractivity (Wildman–Crippen MR) is 168 cm³/mol. The van der Waals surface area contributed by atoms with Gasteiger partial charge >= 0.3 is 5.97 Å². The lowest BCUT2D eigenvalue weighted by Gasteiger charge is -2.30. The summed E-state index contributed by atoms with van der Waals surface area (Å²) in [6, 6.07) is 41.3. The summed E-state index contributed by atoms with van der Waals surface area (Å²) in [6.07, 6.45) is 0. The molecule has 3 nitrogen and oxygen atoms in total. The van der Waals surface area contributed by atoms with Crippen LogP contribution >= 0.6 is 22.9 Å². The Morgan fingerprint density at radius 3 is 2.05 bits per heavy atom. The van der Waals surface area contributed by atoms with Crippen LogP contribution in [0, 0.1) is 6.92 Å². The van der Waals surface area contributed by atoms with Crippen molar-refractivity contribution in [2.75, 3.05) is 6.54 Å². The van der Waals surface area contributed by atoms with Crippen LogP contribution in [-0.2, 0) is 28.1 Å². The second-order valence-corrected chi connectivity index (χ2v) is 12.1. The first kappa shape index (κ1) is 25.2. The van der Waals surface area contributed by atoms with E-state index >= 15 is 0 Å². The Bertz CT molecular complexity index is 1760. The van der Waals surface area contributed by atoms with Gasteiger partial charge in [0.15, 0.2) is 0 Å². The third-order valence-corrected chi connectivity index (χ3v) is 8.89. The average molecular weight is 634 g/mol. The lowest BCUT2D eigenvalue weighted by atomic mass is 9.70. The molecule has 1 spiro atoms. The van der Waals surface area contributed by atoms with E-state index < -0.39 is 0 Å². The molecule has 0 radical (unpaired) electrons. The van der Waals surface area contributed by atoms with E-state index in [1.807, 2.05) is 33.4 Å². The molecular weight excluding hydrogens is 605 g/mol. The lowest BCUT2D eigenvalue weighted by Crippen LogP contribution is -2.26. The second kappa shape index (κ2) is 10.0. The van der Waals surface area contributed by atoms with Gasteiger partial charge in [-0.25, -0.2) is 3.11 Å². The van der Waals surface area contributed by atoms with Crippen LogP contribution in [0.4, 0.5) is 0 Å². The minimum atomic E-state index is -0.326. The molecule has 0 N–H and O–H groups in total. The maximum atomic E-state index is 12.5. The highest BCUT2D eigenvalue weighted by Gasteiger charge is 2.51. The van der Waals surface area contributed by atoms with Crippen LogP contribution in [0.1, 0.15) is 38.9 Å². The van der Waals surface area contributed by atoms with E-state index in [-0.39, 0.29) is 17.9 Å². The number of hydrogen-bond acceptors (Lipinski definition) is 3. The molecule has 0 amide bonds. The standard InChI is InChI=1S/C36H28INO2/c1-24-15-17-29-27-11-5-7-13-31(27)36(34(29)19-24)32-14-8-6-12-28(32)30-20-26(16-18-33(30)36)21-38(37)22-35(39)40-23-25-9-3-2-4-10-25/h2-20H,21-23H2,1H3. The summed E-state index contributed by atoms with van der Waals surface area (Å²) in [5.74, 6) is -0.224. The fourth-order valence-electron chi connectivity index (χ4n) is 6.58. The smallest absolute Gasteiger partial charge is 0.321 e. The second-order valence-electron chi connectivity index (χ2n) is 10.7. The summed E-state index contributed by atoms with van der Waals surface area (Å²) in [5.41, 5.74) is 13.7. The zero-order valence-corrected chi connectivity index (χ0v) is 24.4. The van der Waals surface area contributed by atoms with E-state index in [1.54, 1.807) is 0 Å². The van der Waals surface area contributed by atoms with Crippen molar-refractivity contribution >= 4 is 28.8 Å². The minimum Gasteiger partial charge on any atom is -0.460 e. The van der Waals surface area contributed by atoms with Crippen molar-refractivity contribution in [2.24, 2.45) is 0 Å². The number of fused-ring (bicyclic) bond motifs is 10. The van der Waals surface area contributed by atoms with Crippen molar-refractivity contribution in [1.29, 1.82) is 0 Å². The van der Waals surface area contributed by atoms with Crippen LogP contribution in [0.2, 0.25) is 0 Å². The first-order valence-electron chi connectivity index (χ1n) is 13.6. The summed E-state index contributed by atoms with van der Waals surface area (Å²) in [6.45, 7) is 3.35. The molecule has 5 aromatic carbocycles. The third kappa shape index (κ3) is 4.01. The van der Waals surface area contributed by atoms with E-state index in [1.165, 1.54) is 55.6 Å². The van der Waals surface area contributed by atoms with Crippen molar-refractivity contribution in [3.63, 3.8) is 0 Å². The number of carbonyl (C=O) groups excluding carboxylic acids is 1. The quantitative estimate of drug-likeness (QED) is 0.105. The molecule has 7 rings (SSSR count).